The third kappa shape index (κ3) is 2.25. The number of piperazine rings is 3. The summed E-state index contributed by atoms with van der Waals surface area (Å²) in [5, 5.41) is 3.58. The molecule has 0 aliphatic carbocycles. The smallest absolute Gasteiger partial charge is 0.0772 e. The lowest BCUT2D eigenvalue weighted by Gasteiger charge is -2.50. The van der Waals surface area contributed by atoms with E-state index in [9.17, 15) is 0 Å². The molecule has 0 aromatic carbocycles. The summed E-state index contributed by atoms with van der Waals surface area (Å²) in [7, 11) is 0. The molecule has 3 aliphatic rings. The molecule has 1 aromatic heterocycles. The van der Waals surface area contributed by atoms with Crippen LogP contribution in [0.2, 0.25) is 0 Å². The van der Waals surface area contributed by atoms with Crippen LogP contribution in [0.5, 0.6) is 0 Å². The highest BCUT2D eigenvalue weighted by Crippen LogP contribution is 2.25. The van der Waals surface area contributed by atoms with Gasteiger partial charge < -0.3 is 5.32 Å². The van der Waals surface area contributed by atoms with E-state index < -0.39 is 0 Å². The summed E-state index contributed by atoms with van der Waals surface area (Å²) in [4.78, 5) is 13.9. The molecule has 1 aromatic rings. The maximum Gasteiger partial charge on any atom is 0.0772 e. The highest BCUT2D eigenvalue weighted by atomic mass is 15.4. The molecule has 5 nitrogen and oxygen atoms in total. The van der Waals surface area contributed by atoms with Crippen molar-refractivity contribution in [2.24, 2.45) is 0 Å². The van der Waals surface area contributed by atoms with Crippen molar-refractivity contribution in [2.75, 3.05) is 39.3 Å². The number of nitrogens with zero attached hydrogens (tertiary/aromatic N) is 4. The lowest BCUT2D eigenvalue weighted by Crippen LogP contribution is -2.64. The van der Waals surface area contributed by atoms with Gasteiger partial charge in [-0.15, -0.1) is 0 Å². The molecule has 2 bridgehead atoms. The van der Waals surface area contributed by atoms with Gasteiger partial charge in [-0.05, 0) is 6.54 Å². The van der Waals surface area contributed by atoms with Crippen molar-refractivity contribution in [1.82, 2.24) is 25.1 Å². The number of rotatable bonds is 4. The standard InChI is InChI=1S/C13H21N5/c1-2-15-13(11-9-14-3-4-16-11)12-10-17-5-7-18(12)8-6-17/h3-4,9,12-13,15H,2,5-8,10H2,1H3. The van der Waals surface area contributed by atoms with Gasteiger partial charge in [0, 0.05) is 51.2 Å². The molecule has 4 rings (SSSR count). The SMILES string of the molecule is CCNC(c1cnccn1)C1CN2CCN1CC2. The Labute approximate surface area is 108 Å². The van der Waals surface area contributed by atoms with Crippen LogP contribution in [0.3, 0.4) is 0 Å². The molecular weight excluding hydrogens is 226 g/mol. The fraction of sp³-hybridized carbons (Fsp3) is 0.692. The van der Waals surface area contributed by atoms with Gasteiger partial charge in [0.25, 0.3) is 0 Å². The Bertz CT molecular complexity index is 374. The Hall–Kier alpha value is -1.04. The molecule has 2 atom stereocenters. The molecule has 0 saturated carbocycles. The molecule has 0 radical (unpaired) electrons. The quantitative estimate of drug-likeness (QED) is 0.819. The number of hydrogen-bond acceptors (Lipinski definition) is 5. The van der Waals surface area contributed by atoms with Gasteiger partial charge in [-0.2, -0.15) is 0 Å². The molecule has 0 amide bonds. The van der Waals surface area contributed by atoms with Crippen molar-refractivity contribution >= 4 is 0 Å². The first-order valence-corrected chi connectivity index (χ1v) is 6.84. The van der Waals surface area contributed by atoms with Gasteiger partial charge in [0.1, 0.15) is 0 Å². The summed E-state index contributed by atoms with van der Waals surface area (Å²) in [6.07, 6.45) is 5.42. The second-order valence-corrected chi connectivity index (χ2v) is 5.07. The van der Waals surface area contributed by atoms with E-state index in [-0.39, 0.29) is 0 Å². The molecule has 5 heteroatoms. The lowest BCUT2D eigenvalue weighted by molar-refractivity contribution is -0.00411. The van der Waals surface area contributed by atoms with Crippen molar-refractivity contribution in [3.63, 3.8) is 0 Å². The summed E-state index contributed by atoms with van der Waals surface area (Å²) in [5.41, 5.74) is 1.07. The second-order valence-electron chi connectivity index (χ2n) is 5.07. The summed E-state index contributed by atoms with van der Waals surface area (Å²) in [5.74, 6) is 0. The number of fused-ring (bicyclic) bond motifs is 3. The monoisotopic (exact) mass is 247 g/mol. The van der Waals surface area contributed by atoms with E-state index in [4.69, 9.17) is 0 Å². The minimum Gasteiger partial charge on any atom is -0.308 e. The molecule has 98 valence electrons. The second kappa shape index (κ2) is 5.30. The molecular formula is C13H21N5. The predicted octanol–water partition coefficient (Wildman–Crippen LogP) is 0.127. The van der Waals surface area contributed by atoms with Crippen LogP contribution in [0.4, 0.5) is 0 Å². The number of nitrogens with one attached hydrogen (secondary N) is 1. The van der Waals surface area contributed by atoms with Gasteiger partial charge in [0.2, 0.25) is 0 Å². The average Bonchev–Trinajstić information content (AvgIpc) is 2.47. The number of likely N-dealkylation sites (N-methyl/N-ethyl adjacent to an activating group) is 1. The molecule has 3 aliphatic heterocycles. The van der Waals surface area contributed by atoms with Crippen molar-refractivity contribution in [1.29, 1.82) is 0 Å². The van der Waals surface area contributed by atoms with Crippen molar-refractivity contribution in [2.45, 2.75) is 19.0 Å². The van der Waals surface area contributed by atoms with Crippen LogP contribution >= 0.6 is 0 Å². The zero-order valence-corrected chi connectivity index (χ0v) is 10.9. The van der Waals surface area contributed by atoms with E-state index in [0.717, 1.165) is 18.8 Å². The number of aromatic nitrogens is 2. The van der Waals surface area contributed by atoms with Crippen LogP contribution in [0.15, 0.2) is 18.6 Å². The Morgan fingerprint density at radius 1 is 1.33 bits per heavy atom. The molecule has 3 saturated heterocycles. The Morgan fingerprint density at radius 3 is 2.72 bits per heavy atom. The largest absolute Gasteiger partial charge is 0.308 e. The number of hydrogen-bond donors (Lipinski definition) is 1. The summed E-state index contributed by atoms with van der Waals surface area (Å²) in [6, 6.07) is 0.830. The fourth-order valence-electron chi connectivity index (χ4n) is 3.10. The predicted molar refractivity (Wildman–Crippen MR) is 70.3 cm³/mol. The molecule has 4 heterocycles. The maximum absolute atomic E-state index is 4.49. The first kappa shape index (κ1) is 12.0. The molecule has 3 fully saturated rings. The normalized spacial score (nSPS) is 32.4. The Morgan fingerprint density at radius 2 is 2.17 bits per heavy atom. The van der Waals surface area contributed by atoms with Crippen LogP contribution in [0.25, 0.3) is 0 Å². The third-order valence-electron chi connectivity index (χ3n) is 4.03. The summed E-state index contributed by atoms with van der Waals surface area (Å²) in [6.45, 7) is 9.07. The zero-order chi connectivity index (χ0) is 12.4. The Kier molecular flexibility index (Phi) is 3.54. The highest BCUT2D eigenvalue weighted by molar-refractivity contribution is 5.09. The van der Waals surface area contributed by atoms with Crippen molar-refractivity contribution in [3.8, 4) is 0 Å². The van der Waals surface area contributed by atoms with Gasteiger partial charge in [0.15, 0.2) is 0 Å². The summed E-state index contributed by atoms with van der Waals surface area (Å²) >= 11 is 0. The van der Waals surface area contributed by atoms with Gasteiger partial charge in [-0.3, -0.25) is 19.8 Å². The zero-order valence-electron chi connectivity index (χ0n) is 10.9. The first-order chi connectivity index (χ1) is 8.88. The van der Waals surface area contributed by atoms with E-state index in [0.29, 0.717) is 12.1 Å². The highest BCUT2D eigenvalue weighted by Gasteiger charge is 2.37. The van der Waals surface area contributed by atoms with Crippen LogP contribution in [-0.4, -0.2) is 65.1 Å². The van der Waals surface area contributed by atoms with Gasteiger partial charge >= 0.3 is 0 Å². The Balaban J connectivity index is 1.81. The van der Waals surface area contributed by atoms with Crippen LogP contribution in [0, 0.1) is 0 Å². The summed E-state index contributed by atoms with van der Waals surface area (Å²) < 4.78 is 0. The van der Waals surface area contributed by atoms with Crippen molar-refractivity contribution < 1.29 is 0 Å². The van der Waals surface area contributed by atoms with Crippen LogP contribution < -0.4 is 5.32 Å². The topological polar surface area (TPSA) is 44.3 Å². The van der Waals surface area contributed by atoms with Crippen LogP contribution in [-0.2, 0) is 0 Å². The van der Waals surface area contributed by atoms with E-state index in [1.54, 1.807) is 12.4 Å². The van der Waals surface area contributed by atoms with Crippen LogP contribution in [0.1, 0.15) is 18.7 Å². The van der Waals surface area contributed by atoms with E-state index in [1.807, 2.05) is 6.20 Å². The molecule has 1 N–H and O–H groups in total. The van der Waals surface area contributed by atoms with E-state index in [1.165, 1.54) is 26.2 Å². The minimum atomic E-state index is 0.298. The van der Waals surface area contributed by atoms with Gasteiger partial charge in [0.05, 0.1) is 17.9 Å². The molecule has 18 heavy (non-hydrogen) atoms. The van der Waals surface area contributed by atoms with Gasteiger partial charge in [-0.1, -0.05) is 6.92 Å². The lowest BCUT2D eigenvalue weighted by atomic mass is 9.97. The minimum absolute atomic E-state index is 0.298. The van der Waals surface area contributed by atoms with Gasteiger partial charge in [-0.25, -0.2) is 0 Å². The first-order valence-electron chi connectivity index (χ1n) is 6.84. The maximum atomic E-state index is 4.49. The van der Waals surface area contributed by atoms with E-state index in [2.05, 4.69) is 32.0 Å². The fourth-order valence-corrected chi connectivity index (χ4v) is 3.10. The van der Waals surface area contributed by atoms with Crippen molar-refractivity contribution in [3.05, 3.63) is 24.3 Å². The molecule has 2 unspecified atom stereocenters. The van der Waals surface area contributed by atoms with E-state index >= 15 is 0 Å². The average molecular weight is 247 g/mol. The molecule has 0 spiro atoms. The third-order valence-corrected chi connectivity index (χ3v) is 4.03.